The minimum atomic E-state index is -0.0302. The third kappa shape index (κ3) is 34.2. The average molecular weight is 795 g/mol. The lowest BCUT2D eigenvalue weighted by atomic mass is 9.91. The highest BCUT2D eigenvalue weighted by Crippen LogP contribution is 2.24. The minimum absolute atomic E-state index is 0.0302. The second kappa shape index (κ2) is 42.4. The number of hydrogen-bond donors (Lipinski definition) is 1. The molecule has 334 valence electrons. The van der Waals surface area contributed by atoms with Crippen LogP contribution in [-0.4, -0.2) is 98.8 Å². The molecule has 1 unspecified atom stereocenters. The standard InChI is InChI=1S/C49H98N2O5/c1-4-7-10-13-15-17-18-19-20-21-22-23-25-30-42-54-46-48(55-43-31-12-9-6-3)45-50(38-39-51(40-41-52)47-34-33-35-47)37-29-27-28-36-49(53)56-44-32-26-24-16-14-11-8-5-2/h47-48,52H,4-46H2,1-3H3. The van der Waals surface area contributed by atoms with Gasteiger partial charge >= 0.3 is 5.97 Å². The molecule has 0 saturated heterocycles. The van der Waals surface area contributed by atoms with E-state index in [9.17, 15) is 9.90 Å². The first kappa shape index (κ1) is 53.3. The Morgan fingerprint density at radius 3 is 1.55 bits per heavy atom. The molecule has 1 fully saturated rings. The molecule has 1 aliphatic carbocycles. The molecule has 0 amide bonds. The molecule has 7 nitrogen and oxygen atoms in total. The van der Waals surface area contributed by atoms with Gasteiger partial charge in [-0.2, -0.15) is 0 Å². The molecule has 0 aromatic rings. The number of carbonyl (C=O) groups excluding carboxylic acids is 1. The Hall–Kier alpha value is -0.730. The fourth-order valence-corrected chi connectivity index (χ4v) is 8.03. The highest BCUT2D eigenvalue weighted by molar-refractivity contribution is 5.69. The van der Waals surface area contributed by atoms with E-state index >= 15 is 0 Å². The molecular formula is C49H98N2O5. The number of nitrogens with zero attached hydrogens (tertiary/aromatic N) is 2. The molecule has 1 atom stereocenters. The van der Waals surface area contributed by atoms with Gasteiger partial charge in [0.1, 0.15) is 0 Å². The average Bonchev–Trinajstić information content (AvgIpc) is 3.17. The number of rotatable bonds is 46. The predicted octanol–water partition coefficient (Wildman–Crippen LogP) is 12.8. The lowest BCUT2D eigenvalue weighted by molar-refractivity contribution is -0.143. The molecule has 1 saturated carbocycles. The van der Waals surface area contributed by atoms with Gasteiger partial charge in [0.15, 0.2) is 0 Å². The molecule has 0 heterocycles. The summed E-state index contributed by atoms with van der Waals surface area (Å²) in [6, 6.07) is 0.625. The lowest BCUT2D eigenvalue weighted by Crippen LogP contribution is -2.47. The summed E-state index contributed by atoms with van der Waals surface area (Å²) in [4.78, 5) is 17.5. The third-order valence-electron chi connectivity index (χ3n) is 12.1. The highest BCUT2D eigenvalue weighted by atomic mass is 16.5. The van der Waals surface area contributed by atoms with Gasteiger partial charge in [-0.3, -0.25) is 14.6 Å². The summed E-state index contributed by atoms with van der Waals surface area (Å²) in [7, 11) is 0. The van der Waals surface area contributed by atoms with Gasteiger partial charge in [0.05, 0.1) is 25.9 Å². The van der Waals surface area contributed by atoms with E-state index < -0.39 is 0 Å². The van der Waals surface area contributed by atoms with Crippen LogP contribution in [0.15, 0.2) is 0 Å². The number of ether oxygens (including phenoxy) is 3. The molecular weight excluding hydrogens is 697 g/mol. The molecule has 1 rings (SSSR count). The Kier molecular flexibility index (Phi) is 40.3. The number of unbranched alkanes of at least 4 members (excludes halogenated alkanes) is 25. The summed E-state index contributed by atoms with van der Waals surface area (Å²) in [5.74, 6) is -0.0302. The molecule has 0 aromatic heterocycles. The van der Waals surface area contributed by atoms with Gasteiger partial charge in [0.25, 0.3) is 0 Å². The van der Waals surface area contributed by atoms with Crippen LogP contribution in [0.4, 0.5) is 0 Å². The van der Waals surface area contributed by atoms with Gasteiger partial charge in [0.2, 0.25) is 0 Å². The summed E-state index contributed by atoms with van der Waals surface area (Å²) in [5.41, 5.74) is 0. The summed E-state index contributed by atoms with van der Waals surface area (Å²) < 4.78 is 18.4. The summed E-state index contributed by atoms with van der Waals surface area (Å²) in [6.45, 7) is 14.5. The van der Waals surface area contributed by atoms with Crippen molar-refractivity contribution in [3.8, 4) is 0 Å². The van der Waals surface area contributed by atoms with Gasteiger partial charge < -0.3 is 19.3 Å². The van der Waals surface area contributed by atoms with E-state index in [0.29, 0.717) is 25.7 Å². The first-order valence-electron chi connectivity index (χ1n) is 25.1. The van der Waals surface area contributed by atoms with Crippen molar-refractivity contribution in [2.75, 3.05) is 65.8 Å². The third-order valence-corrected chi connectivity index (χ3v) is 12.1. The van der Waals surface area contributed by atoms with Crippen LogP contribution in [0.5, 0.6) is 0 Å². The molecule has 0 aromatic carbocycles. The zero-order valence-electron chi connectivity index (χ0n) is 38.0. The molecule has 56 heavy (non-hydrogen) atoms. The molecule has 0 spiro atoms. The van der Waals surface area contributed by atoms with Crippen LogP contribution in [0.3, 0.4) is 0 Å². The minimum Gasteiger partial charge on any atom is -0.466 e. The molecule has 0 aliphatic heterocycles. The van der Waals surface area contributed by atoms with Gasteiger partial charge in [0, 0.05) is 51.9 Å². The number of aliphatic hydroxyl groups excluding tert-OH is 1. The first-order valence-corrected chi connectivity index (χ1v) is 25.1. The summed E-state index contributed by atoms with van der Waals surface area (Å²) in [5, 5.41) is 9.79. The largest absolute Gasteiger partial charge is 0.466 e. The normalized spacial score (nSPS) is 13.9. The van der Waals surface area contributed by atoms with Gasteiger partial charge in [-0.25, -0.2) is 0 Å². The van der Waals surface area contributed by atoms with Crippen molar-refractivity contribution in [2.24, 2.45) is 0 Å². The maximum atomic E-state index is 12.4. The Labute approximate surface area is 349 Å². The maximum Gasteiger partial charge on any atom is 0.305 e. The lowest BCUT2D eigenvalue weighted by Gasteiger charge is -2.38. The van der Waals surface area contributed by atoms with Crippen LogP contribution in [0.2, 0.25) is 0 Å². The van der Waals surface area contributed by atoms with Crippen LogP contribution >= 0.6 is 0 Å². The van der Waals surface area contributed by atoms with Crippen molar-refractivity contribution in [1.82, 2.24) is 9.80 Å². The fourth-order valence-electron chi connectivity index (χ4n) is 8.03. The van der Waals surface area contributed by atoms with Crippen molar-refractivity contribution >= 4 is 5.97 Å². The van der Waals surface area contributed by atoms with E-state index in [0.717, 1.165) is 84.5 Å². The number of esters is 1. The van der Waals surface area contributed by atoms with E-state index in [1.165, 1.54) is 167 Å². The van der Waals surface area contributed by atoms with E-state index in [-0.39, 0.29) is 18.7 Å². The van der Waals surface area contributed by atoms with E-state index in [1.54, 1.807) is 0 Å². The van der Waals surface area contributed by atoms with Crippen LogP contribution in [0.1, 0.15) is 233 Å². The maximum absolute atomic E-state index is 12.4. The highest BCUT2D eigenvalue weighted by Gasteiger charge is 2.25. The zero-order valence-corrected chi connectivity index (χ0v) is 38.0. The van der Waals surface area contributed by atoms with Crippen molar-refractivity contribution in [3.05, 3.63) is 0 Å². The summed E-state index contributed by atoms with van der Waals surface area (Å²) in [6.07, 6.45) is 41.5. The van der Waals surface area contributed by atoms with Crippen molar-refractivity contribution in [2.45, 2.75) is 245 Å². The van der Waals surface area contributed by atoms with Gasteiger partial charge in [-0.05, 0) is 51.5 Å². The van der Waals surface area contributed by atoms with Crippen LogP contribution in [-0.2, 0) is 19.0 Å². The van der Waals surface area contributed by atoms with E-state index in [2.05, 4.69) is 30.6 Å². The Morgan fingerprint density at radius 1 is 0.554 bits per heavy atom. The van der Waals surface area contributed by atoms with Crippen LogP contribution < -0.4 is 0 Å². The molecule has 1 N–H and O–H groups in total. The van der Waals surface area contributed by atoms with E-state index in [1.807, 2.05) is 0 Å². The Bertz CT molecular complexity index is 796. The quantitative estimate of drug-likeness (QED) is 0.0486. The second-order valence-corrected chi connectivity index (χ2v) is 17.4. The number of carbonyl (C=O) groups is 1. The van der Waals surface area contributed by atoms with Crippen LogP contribution in [0.25, 0.3) is 0 Å². The molecule has 0 radical (unpaired) electrons. The smallest absolute Gasteiger partial charge is 0.305 e. The van der Waals surface area contributed by atoms with Gasteiger partial charge in [-0.1, -0.05) is 181 Å². The monoisotopic (exact) mass is 795 g/mol. The number of hydrogen-bond acceptors (Lipinski definition) is 7. The zero-order chi connectivity index (χ0) is 40.4. The Morgan fingerprint density at radius 2 is 1.04 bits per heavy atom. The summed E-state index contributed by atoms with van der Waals surface area (Å²) >= 11 is 0. The van der Waals surface area contributed by atoms with E-state index in [4.69, 9.17) is 14.2 Å². The molecule has 7 heteroatoms. The topological polar surface area (TPSA) is 71.5 Å². The molecule has 1 aliphatic rings. The predicted molar refractivity (Wildman–Crippen MR) is 240 cm³/mol. The van der Waals surface area contributed by atoms with Crippen molar-refractivity contribution in [1.29, 1.82) is 0 Å². The first-order chi connectivity index (χ1) is 27.6. The second-order valence-electron chi connectivity index (χ2n) is 17.4. The van der Waals surface area contributed by atoms with Crippen molar-refractivity contribution in [3.63, 3.8) is 0 Å². The number of aliphatic hydroxyl groups is 1. The van der Waals surface area contributed by atoms with Crippen LogP contribution in [0, 0.1) is 0 Å². The fraction of sp³-hybridized carbons (Fsp3) is 0.980. The molecule has 0 bridgehead atoms. The SMILES string of the molecule is CCCCCCCCCCCCCCCCOCC(CN(CCCCCC(=O)OCCCCCCCCCC)CCN(CCO)C1CCC1)OCCCCCC. The van der Waals surface area contributed by atoms with Gasteiger partial charge in [-0.15, -0.1) is 0 Å². The van der Waals surface area contributed by atoms with Crippen molar-refractivity contribution < 1.29 is 24.1 Å². The Balaban J connectivity index is 2.45.